The molecule has 3 aromatic rings. The van der Waals surface area contributed by atoms with Gasteiger partial charge < -0.3 is 20.4 Å². The normalized spacial score (nSPS) is 10.8. The second kappa shape index (κ2) is 4.97. The SMILES string of the molecule is COc1ccc(-c2nc3nc(N(C)C)ccc3[nH]2)c(N)c1. The minimum Gasteiger partial charge on any atom is -0.497 e. The summed E-state index contributed by atoms with van der Waals surface area (Å²) in [6.45, 7) is 0. The summed E-state index contributed by atoms with van der Waals surface area (Å²) < 4.78 is 5.16. The third kappa shape index (κ3) is 2.35. The highest BCUT2D eigenvalue weighted by Gasteiger charge is 2.11. The van der Waals surface area contributed by atoms with Crippen LogP contribution in [0.3, 0.4) is 0 Å². The van der Waals surface area contributed by atoms with Gasteiger partial charge >= 0.3 is 0 Å². The zero-order chi connectivity index (χ0) is 15.0. The number of nitrogens with one attached hydrogen (secondary N) is 1. The number of hydrogen-bond acceptors (Lipinski definition) is 5. The molecule has 0 unspecified atom stereocenters. The lowest BCUT2D eigenvalue weighted by molar-refractivity contribution is 0.415. The van der Waals surface area contributed by atoms with Gasteiger partial charge in [-0.2, -0.15) is 0 Å². The van der Waals surface area contributed by atoms with E-state index in [1.54, 1.807) is 13.2 Å². The molecule has 0 amide bonds. The first-order chi connectivity index (χ1) is 10.1. The number of nitrogens with two attached hydrogens (primary N) is 1. The Bertz CT molecular complexity index is 794. The average molecular weight is 283 g/mol. The maximum Gasteiger partial charge on any atom is 0.180 e. The van der Waals surface area contributed by atoms with E-state index >= 15 is 0 Å². The van der Waals surface area contributed by atoms with Gasteiger partial charge in [0.2, 0.25) is 0 Å². The van der Waals surface area contributed by atoms with Crippen molar-refractivity contribution in [2.24, 2.45) is 0 Å². The van der Waals surface area contributed by atoms with Gasteiger partial charge in [0.15, 0.2) is 5.65 Å². The van der Waals surface area contributed by atoms with Crippen molar-refractivity contribution in [1.82, 2.24) is 15.0 Å². The molecule has 0 atom stereocenters. The fourth-order valence-corrected chi connectivity index (χ4v) is 2.14. The van der Waals surface area contributed by atoms with Crippen LogP contribution < -0.4 is 15.4 Å². The number of methoxy groups -OCH3 is 1. The van der Waals surface area contributed by atoms with Gasteiger partial charge in [-0.3, -0.25) is 0 Å². The molecule has 0 spiro atoms. The number of hydrogen-bond donors (Lipinski definition) is 2. The molecule has 0 aliphatic heterocycles. The molecule has 0 fully saturated rings. The molecular formula is C15H17N5O. The van der Waals surface area contributed by atoms with Gasteiger partial charge in [-0.15, -0.1) is 0 Å². The van der Waals surface area contributed by atoms with Crippen LogP contribution in [-0.2, 0) is 0 Å². The van der Waals surface area contributed by atoms with Crippen molar-refractivity contribution in [3.8, 4) is 17.1 Å². The molecule has 2 heterocycles. The van der Waals surface area contributed by atoms with E-state index in [0.29, 0.717) is 17.2 Å². The molecule has 6 heteroatoms. The first kappa shape index (κ1) is 13.2. The molecule has 2 aromatic heterocycles. The zero-order valence-electron chi connectivity index (χ0n) is 12.2. The summed E-state index contributed by atoms with van der Waals surface area (Å²) in [4.78, 5) is 14.2. The molecule has 0 saturated heterocycles. The van der Waals surface area contributed by atoms with Crippen LogP contribution >= 0.6 is 0 Å². The third-order valence-corrected chi connectivity index (χ3v) is 3.30. The Morgan fingerprint density at radius 3 is 2.62 bits per heavy atom. The lowest BCUT2D eigenvalue weighted by Gasteiger charge is -2.09. The quantitative estimate of drug-likeness (QED) is 0.721. The van der Waals surface area contributed by atoms with Gasteiger partial charge in [-0.1, -0.05) is 0 Å². The van der Waals surface area contributed by atoms with E-state index in [2.05, 4.69) is 15.0 Å². The zero-order valence-corrected chi connectivity index (χ0v) is 12.2. The highest BCUT2D eigenvalue weighted by Crippen LogP contribution is 2.29. The Morgan fingerprint density at radius 2 is 1.95 bits per heavy atom. The van der Waals surface area contributed by atoms with Crippen molar-refractivity contribution in [1.29, 1.82) is 0 Å². The van der Waals surface area contributed by atoms with Crippen molar-refractivity contribution >= 4 is 22.7 Å². The number of nitrogens with zero attached hydrogens (tertiary/aromatic N) is 3. The van der Waals surface area contributed by atoms with Gasteiger partial charge in [0.05, 0.1) is 12.6 Å². The van der Waals surface area contributed by atoms with Crippen LogP contribution in [0.25, 0.3) is 22.6 Å². The van der Waals surface area contributed by atoms with Crippen LogP contribution in [0.2, 0.25) is 0 Å². The summed E-state index contributed by atoms with van der Waals surface area (Å²) in [6.07, 6.45) is 0. The van der Waals surface area contributed by atoms with Crippen molar-refractivity contribution < 1.29 is 4.74 Å². The summed E-state index contributed by atoms with van der Waals surface area (Å²) in [5.74, 6) is 2.29. The number of pyridine rings is 1. The summed E-state index contributed by atoms with van der Waals surface area (Å²) in [5, 5.41) is 0. The number of rotatable bonds is 3. The summed E-state index contributed by atoms with van der Waals surface area (Å²) >= 11 is 0. The number of anilines is 2. The van der Waals surface area contributed by atoms with E-state index in [9.17, 15) is 0 Å². The number of nitrogen functional groups attached to an aromatic ring is 1. The highest BCUT2D eigenvalue weighted by molar-refractivity contribution is 5.81. The fourth-order valence-electron chi connectivity index (χ4n) is 2.14. The summed E-state index contributed by atoms with van der Waals surface area (Å²) in [7, 11) is 5.51. The highest BCUT2D eigenvalue weighted by atomic mass is 16.5. The lowest BCUT2D eigenvalue weighted by atomic mass is 10.1. The Kier molecular flexibility index (Phi) is 3.13. The van der Waals surface area contributed by atoms with Crippen LogP contribution in [0, 0.1) is 0 Å². The molecular weight excluding hydrogens is 266 g/mol. The molecule has 6 nitrogen and oxygen atoms in total. The van der Waals surface area contributed by atoms with Crippen molar-refractivity contribution in [3.63, 3.8) is 0 Å². The van der Waals surface area contributed by atoms with Crippen molar-refractivity contribution in [2.75, 3.05) is 31.8 Å². The van der Waals surface area contributed by atoms with Crippen LogP contribution in [0.15, 0.2) is 30.3 Å². The van der Waals surface area contributed by atoms with Gasteiger partial charge in [0, 0.05) is 31.4 Å². The van der Waals surface area contributed by atoms with Gasteiger partial charge in [-0.05, 0) is 24.3 Å². The van der Waals surface area contributed by atoms with Gasteiger partial charge in [0.1, 0.15) is 17.4 Å². The number of fused-ring (bicyclic) bond motifs is 1. The van der Waals surface area contributed by atoms with E-state index in [0.717, 1.165) is 22.6 Å². The van der Waals surface area contributed by atoms with E-state index < -0.39 is 0 Å². The van der Waals surface area contributed by atoms with Crippen LogP contribution in [-0.4, -0.2) is 36.2 Å². The minimum atomic E-state index is 0.612. The van der Waals surface area contributed by atoms with E-state index in [-0.39, 0.29) is 0 Å². The van der Waals surface area contributed by atoms with E-state index in [1.165, 1.54) is 0 Å². The Balaban J connectivity index is 2.08. The predicted octanol–water partition coefficient (Wildman–Crippen LogP) is 2.28. The van der Waals surface area contributed by atoms with E-state index in [1.807, 2.05) is 43.3 Å². The molecule has 0 saturated carbocycles. The number of aromatic amines is 1. The minimum absolute atomic E-state index is 0.612. The van der Waals surface area contributed by atoms with E-state index in [4.69, 9.17) is 10.5 Å². The van der Waals surface area contributed by atoms with Gasteiger partial charge in [-0.25, -0.2) is 9.97 Å². The number of H-pyrrole nitrogens is 1. The maximum atomic E-state index is 6.06. The summed E-state index contributed by atoms with van der Waals surface area (Å²) in [6, 6.07) is 9.44. The predicted molar refractivity (Wildman–Crippen MR) is 84.6 cm³/mol. The standard InChI is InChI=1S/C15H17N5O/c1-20(2)13-7-6-12-15(18-13)19-14(17-12)10-5-4-9(21-3)8-11(10)16/h4-8H,16H2,1-3H3,(H,17,18,19). The molecule has 108 valence electrons. The fraction of sp³-hybridized carbons (Fsp3) is 0.200. The largest absolute Gasteiger partial charge is 0.497 e. The molecule has 0 bridgehead atoms. The topological polar surface area (TPSA) is 80.1 Å². The first-order valence-corrected chi connectivity index (χ1v) is 6.56. The molecule has 1 aromatic carbocycles. The second-order valence-corrected chi connectivity index (χ2v) is 4.97. The van der Waals surface area contributed by atoms with Crippen LogP contribution in [0.1, 0.15) is 0 Å². The van der Waals surface area contributed by atoms with Gasteiger partial charge in [0.25, 0.3) is 0 Å². The van der Waals surface area contributed by atoms with Crippen LogP contribution in [0.5, 0.6) is 5.75 Å². The maximum absolute atomic E-state index is 6.06. The number of benzene rings is 1. The second-order valence-electron chi connectivity index (χ2n) is 4.97. The average Bonchev–Trinajstić information content (AvgIpc) is 2.89. The lowest BCUT2D eigenvalue weighted by Crippen LogP contribution is -2.10. The first-order valence-electron chi connectivity index (χ1n) is 6.56. The Morgan fingerprint density at radius 1 is 1.14 bits per heavy atom. The number of aromatic nitrogens is 3. The van der Waals surface area contributed by atoms with Crippen LogP contribution in [0.4, 0.5) is 11.5 Å². The monoisotopic (exact) mass is 283 g/mol. The van der Waals surface area contributed by atoms with Crippen molar-refractivity contribution in [2.45, 2.75) is 0 Å². The molecule has 3 rings (SSSR count). The molecule has 21 heavy (non-hydrogen) atoms. The number of ether oxygens (including phenoxy) is 1. The Labute approximate surface area is 122 Å². The Hall–Kier alpha value is -2.76. The molecule has 0 aliphatic carbocycles. The molecule has 0 aliphatic rings. The third-order valence-electron chi connectivity index (χ3n) is 3.30. The van der Waals surface area contributed by atoms with Crippen molar-refractivity contribution in [3.05, 3.63) is 30.3 Å². The molecule has 0 radical (unpaired) electrons. The smallest absolute Gasteiger partial charge is 0.180 e. The molecule has 3 N–H and O–H groups in total. The summed E-state index contributed by atoms with van der Waals surface area (Å²) in [5.41, 5.74) is 9.06. The number of imidazole rings is 1.